The summed E-state index contributed by atoms with van der Waals surface area (Å²) in [5.41, 5.74) is 0.601. The Hall–Kier alpha value is -0.150. The summed E-state index contributed by atoms with van der Waals surface area (Å²) in [4.78, 5) is 0. The van der Waals surface area contributed by atoms with Crippen LogP contribution >= 0.6 is 31.9 Å². The van der Waals surface area contributed by atoms with Crippen molar-refractivity contribution in [3.63, 3.8) is 0 Å². The highest BCUT2D eigenvalue weighted by Gasteiger charge is 2.01. The second kappa shape index (κ2) is 4.77. The van der Waals surface area contributed by atoms with Gasteiger partial charge in [-0.2, -0.15) is 0 Å². The Bertz CT molecular complexity index is 295. The van der Waals surface area contributed by atoms with Gasteiger partial charge < -0.3 is 0 Å². The van der Waals surface area contributed by atoms with E-state index in [1.54, 1.807) is 24.3 Å². The first-order chi connectivity index (χ1) is 5.75. The van der Waals surface area contributed by atoms with Gasteiger partial charge in [-0.15, -0.1) is 0 Å². The van der Waals surface area contributed by atoms with Crippen molar-refractivity contribution in [1.29, 1.82) is 0 Å². The van der Waals surface area contributed by atoms with Crippen molar-refractivity contribution in [2.45, 2.75) is 0 Å². The van der Waals surface area contributed by atoms with E-state index < -0.39 is 0 Å². The lowest BCUT2D eigenvalue weighted by Crippen LogP contribution is -1.82. The van der Waals surface area contributed by atoms with Gasteiger partial charge >= 0.3 is 0 Å². The van der Waals surface area contributed by atoms with Crippen LogP contribution in [0.5, 0.6) is 0 Å². The first-order valence-electron chi connectivity index (χ1n) is 3.42. The van der Waals surface area contributed by atoms with Gasteiger partial charge in [-0.3, -0.25) is 0 Å². The van der Waals surface area contributed by atoms with E-state index in [-0.39, 0.29) is 5.82 Å². The second-order valence-corrected chi connectivity index (χ2v) is 3.70. The standard InChI is InChI=1S/C9H7Br2F/c10-6-2-4-7-3-1-5-8(11)9(7)12/h1-5H,6H2. The largest absolute Gasteiger partial charge is 0.205 e. The number of rotatable bonds is 2. The van der Waals surface area contributed by atoms with Gasteiger partial charge in [0.2, 0.25) is 0 Å². The molecule has 0 aliphatic heterocycles. The van der Waals surface area contributed by atoms with Crippen LogP contribution in [0.3, 0.4) is 0 Å². The van der Waals surface area contributed by atoms with Crippen molar-refractivity contribution in [3.05, 3.63) is 40.1 Å². The normalized spacial score (nSPS) is 10.9. The Labute approximate surface area is 87.7 Å². The van der Waals surface area contributed by atoms with Gasteiger partial charge in [-0.25, -0.2) is 4.39 Å². The molecule has 64 valence electrons. The Kier molecular flexibility index (Phi) is 3.95. The van der Waals surface area contributed by atoms with Crippen molar-refractivity contribution >= 4 is 37.9 Å². The number of hydrogen-bond acceptors (Lipinski definition) is 0. The van der Waals surface area contributed by atoms with Gasteiger partial charge in [-0.05, 0) is 22.0 Å². The third-order valence-corrected chi connectivity index (χ3v) is 2.35. The molecule has 1 aromatic rings. The molecule has 0 aliphatic rings. The summed E-state index contributed by atoms with van der Waals surface area (Å²) in [6.45, 7) is 0. The minimum atomic E-state index is -0.213. The van der Waals surface area contributed by atoms with Crippen LogP contribution in [0.25, 0.3) is 6.08 Å². The van der Waals surface area contributed by atoms with Crippen molar-refractivity contribution < 1.29 is 4.39 Å². The topological polar surface area (TPSA) is 0 Å². The Morgan fingerprint density at radius 2 is 2.17 bits per heavy atom. The molecule has 0 aromatic heterocycles. The predicted octanol–water partition coefficient (Wildman–Crippen LogP) is 4.00. The molecule has 0 radical (unpaired) electrons. The minimum Gasteiger partial charge on any atom is -0.205 e. The van der Waals surface area contributed by atoms with Crippen LogP contribution in [-0.4, -0.2) is 5.33 Å². The molecular weight excluding hydrogens is 287 g/mol. The first-order valence-corrected chi connectivity index (χ1v) is 5.33. The fraction of sp³-hybridized carbons (Fsp3) is 0.111. The van der Waals surface area contributed by atoms with E-state index in [0.717, 1.165) is 5.33 Å². The van der Waals surface area contributed by atoms with Crippen molar-refractivity contribution in [2.24, 2.45) is 0 Å². The number of benzene rings is 1. The van der Waals surface area contributed by atoms with E-state index in [0.29, 0.717) is 10.0 Å². The average molecular weight is 294 g/mol. The summed E-state index contributed by atoms with van der Waals surface area (Å²) in [5.74, 6) is -0.213. The number of allylic oxidation sites excluding steroid dienone is 1. The monoisotopic (exact) mass is 292 g/mol. The van der Waals surface area contributed by atoms with E-state index in [1.807, 2.05) is 6.08 Å². The zero-order valence-electron chi connectivity index (χ0n) is 6.23. The molecule has 12 heavy (non-hydrogen) atoms. The number of hydrogen-bond donors (Lipinski definition) is 0. The molecular formula is C9H7Br2F. The third-order valence-electron chi connectivity index (χ3n) is 1.37. The highest BCUT2D eigenvalue weighted by molar-refractivity contribution is 9.10. The maximum Gasteiger partial charge on any atom is 0.144 e. The molecule has 0 nitrogen and oxygen atoms in total. The maximum absolute atomic E-state index is 13.2. The summed E-state index contributed by atoms with van der Waals surface area (Å²) in [6, 6.07) is 5.22. The van der Waals surface area contributed by atoms with Gasteiger partial charge in [-0.1, -0.05) is 40.2 Å². The fourth-order valence-electron chi connectivity index (χ4n) is 0.821. The molecule has 0 aliphatic carbocycles. The van der Waals surface area contributed by atoms with Crippen LogP contribution in [0.15, 0.2) is 28.7 Å². The van der Waals surface area contributed by atoms with Crippen LogP contribution in [0.4, 0.5) is 4.39 Å². The van der Waals surface area contributed by atoms with Gasteiger partial charge in [0.15, 0.2) is 0 Å². The van der Waals surface area contributed by atoms with Crippen LogP contribution in [0, 0.1) is 5.82 Å². The van der Waals surface area contributed by atoms with Crippen LogP contribution in [0.2, 0.25) is 0 Å². The summed E-state index contributed by atoms with van der Waals surface area (Å²) < 4.78 is 13.7. The lowest BCUT2D eigenvalue weighted by molar-refractivity contribution is 0.618. The minimum absolute atomic E-state index is 0.213. The molecule has 1 rings (SSSR count). The molecule has 0 N–H and O–H groups in total. The molecule has 0 heterocycles. The van der Waals surface area contributed by atoms with E-state index in [2.05, 4.69) is 31.9 Å². The van der Waals surface area contributed by atoms with Crippen molar-refractivity contribution in [2.75, 3.05) is 5.33 Å². The van der Waals surface area contributed by atoms with E-state index in [4.69, 9.17) is 0 Å². The molecule has 0 bridgehead atoms. The summed E-state index contributed by atoms with van der Waals surface area (Å²) in [7, 11) is 0. The highest BCUT2D eigenvalue weighted by Crippen LogP contribution is 2.19. The first kappa shape index (κ1) is 9.93. The zero-order chi connectivity index (χ0) is 8.97. The number of alkyl halides is 1. The van der Waals surface area contributed by atoms with E-state index in [1.165, 1.54) is 0 Å². The van der Waals surface area contributed by atoms with Crippen LogP contribution in [0.1, 0.15) is 5.56 Å². The fourth-order valence-corrected chi connectivity index (χ4v) is 1.39. The Balaban J connectivity index is 3.00. The van der Waals surface area contributed by atoms with E-state index >= 15 is 0 Å². The summed E-state index contributed by atoms with van der Waals surface area (Å²) in [5, 5.41) is 0.735. The molecule has 1 aromatic carbocycles. The highest BCUT2D eigenvalue weighted by atomic mass is 79.9. The zero-order valence-corrected chi connectivity index (χ0v) is 9.40. The van der Waals surface area contributed by atoms with E-state index in [9.17, 15) is 4.39 Å². The number of halogens is 3. The third kappa shape index (κ3) is 2.42. The Morgan fingerprint density at radius 1 is 1.42 bits per heavy atom. The lowest BCUT2D eigenvalue weighted by atomic mass is 10.2. The van der Waals surface area contributed by atoms with Crippen molar-refractivity contribution in [1.82, 2.24) is 0 Å². The maximum atomic E-state index is 13.2. The molecule has 0 saturated heterocycles. The second-order valence-electron chi connectivity index (χ2n) is 2.20. The molecule has 0 unspecified atom stereocenters. The molecule has 3 heteroatoms. The molecule has 0 fully saturated rings. The summed E-state index contributed by atoms with van der Waals surface area (Å²) in [6.07, 6.45) is 3.60. The predicted molar refractivity (Wildman–Crippen MR) is 56.9 cm³/mol. The van der Waals surface area contributed by atoms with Gasteiger partial charge in [0.05, 0.1) is 4.47 Å². The average Bonchev–Trinajstić information content (AvgIpc) is 2.08. The van der Waals surface area contributed by atoms with Gasteiger partial charge in [0.1, 0.15) is 5.82 Å². The molecule has 0 spiro atoms. The smallest absolute Gasteiger partial charge is 0.144 e. The molecule has 0 atom stereocenters. The van der Waals surface area contributed by atoms with Crippen LogP contribution in [-0.2, 0) is 0 Å². The summed E-state index contributed by atoms with van der Waals surface area (Å²) >= 11 is 6.35. The van der Waals surface area contributed by atoms with Gasteiger partial charge in [0.25, 0.3) is 0 Å². The van der Waals surface area contributed by atoms with Crippen LogP contribution < -0.4 is 0 Å². The lowest BCUT2D eigenvalue weighted by Gasteiger charge is -1.97. The quantitative estimate of drug-likeness (QED) is 0.723. The Morgan fingerprint density at radius 3 is 2.83 bits per heavy atom. The SMILES string of the molecule is Fc1c(Br)cccc1C=CCBr. The molecule has 0 saturated carbocycles. The van der Waals surface area contributed by atoms with Crippen molar-refractivity contribution in [3.8, 4) is 0 Å². The molecule has 0 amide bonds. The van der Waals surface area contributed by atoms with Gasteiger partial charge in [0, 0.05) is 10.9 Å².